The summed E-state index contributed by atoms with van der Waals surface area (Å²) < 4.78 is 10.3. The third-order valence-corrected chi connectivity index (χ3v) is 2.39. The summed E-state index contributed by atoms with van der Waals surface area (Å²) in [6.45, 7) is 3.65. The molecule has 1 aromatic heterocycles. The number of rotatable bonds is 4. The highest BCUT2D eigenvalue weighted by atomic mass is 16.5. The van der Waals surface area contributed by atoms with E-state index in [-0.39, 0.29) is 0 Å². The molecule has 15 heavy (non-hydrogen) atoms. The lowest BCUT2D eigenvalue weighted by Crippen LogP contribution is -2.47. The number of hydrogen-bond acceptors (Lipinski definition) is 5. The van der Waals surface area contributed by atoms with E-state index in [1.165, 1.54) is 0 Å². The molecule has 0 amide bonds. The van der Waals surface area contributed by atoms with Crippen LogP contribution in [0.15, 0.2) is 22.8 Å². The number of aliphatic hydroxyl groups is 1. The number of nitrogens with zero attached hydrogens (tertiary/aromatic N) is 1. The van der Waals surface area contributed by atoms with Crippen LogP contribution in [0.2, 0.25) is 0 Å². The van der Waals surface area contributed by atoms with Gasteiger partial charge in [0.05, 0.1) is 19.5 Å². The minimum absolute atomic E-state index is 0.466. The topological polar surface area (TPSA) is 57.9 Å². The third kappa shape index (κ3) is 3.04. The highest BCUT2D eigenvalue weighted by Crippen LogP contribution is 2.11. The Labute approximate surface area is 88.6 Å². The van der Waals surface area contributed by atoms with Gasteiger partial charge in [0.2, 0.25) is 0 Å². The van der Waals surface area contributed by atoms with Crippen LogP contribution in [0, 0.1) is 0 Å². The molecular weight excluding hydrogens is 196 g/mol. The van der Waals surface area contributed by atoms with Crippen molar-refractivity contribution in [2.24, 2.45) is 0 Å². The minimum atomic E-state index is -0.595. The fourth-order valence-corrected chi connectivity index (χ4v) is 1.52. The maximum absolute atomic E-state index is 9.73. The number of furan rings is 1. The quantitative estimate of drug-likeness (QED) is 0.744. The Morgan fingerprint density at radius 1 is 1.47 bits per heavy atom. The van der Waals surface area contributed by atoms with Crippen molar-refractivity contribution in [3.05, 3.63) is 24.2 Å². The van der Waals surface area contributed by atoms with Gasteiger partial charge < -0.3 is 14.3 Å². The zero-order valence-corrected chi connectivity index (χ0v) is 8.56. The van der Waals surface area contributed by atoms with E-state index in [1.807, 2.05) is 0 Å². The van der Waals surface area contributed by atoms with Gasteiger partial charge in [-0.05, 0) is 12.1 Å². The fourth-order valence-electron chi connectivity index (χ4n) is 1.52. The van der Waals surface area contributed by atoms with Crippen LogP contribution in [0.25, 0.3) is 0 Å². The van der Waals surface area contributed by atoms with E-state index in [0.717, 1.165) is 26.3 Å². The van der Waals surface area contributed by atoms with Crippen LogP contribution < -0.4 is 5.43 Å². The maximum Gasteiger partial charge on any atom is 0.133 e. The van der Waals surface area contributed by atoms with Crippen molar-refractivity contribution < 1.29 is 14.3 Å². The molecule has 1 saturated heterocycles. The fraction of sp³-hybridized carbons (Fsp3) is 0.600. The summed E-state index contributed by atoms with van der Waals surface area (Å²) in [6, 6.07) is 3.54. The average Bonchev–Trinajstić information content (AvgIpc) is 2.81. The number of hydrazine groups is 1. The molecule has 0 aromatic carbocycles. The Hall–Kier alpha value is -0.880. The average molecular weight is 212 g/mol. The number of ether oxygens (including phenoxy) is 1. The predicted octanol–water partition coefficient (Wildman–Crippen LogP) is 0.150. The molecule has 1 fully saturated rings. The van der Waals surface area contributed by atoms with Crippen LogP contribution in [-0.4, -0.2) is 43.0 Å². The second-order valence-electron chi connectivity index (χ2n) is 3.49. The second-order valence-corrected chi connectivity index (χ2v) is 3.49. The van der Waals surface area contributed by atoms with Crippen molar-refractivity contribution in [2.45, 2.75) is 6.10 Å². The van der Waals surface area contributed by atoms with Gasteiger partial charge in [0.1, 0.15) is 11.9 Å². The molecule has 5 nitrogen and oxygen atoms in total. The van der Waals surface area contributed by atoms with E-state index < -0.39 is 6.10 Å². The van der Waals surface area contributed by atoms with Crippen LogP contribution in [-0.2, 0) is 4.74 Å². The van der Waals surface area contributed by atoms with Gasteiger partial charge in [-0.3, -0.25) is 5.43 Å². The first-order valence-electron chi connectivity index (χ1n) is 5.14. The molecular formula is C10H16N2O3. The van der Waals surface area contributed by atoms with Crippen molar-refractivity contribution in [3.63, 3.8) is 0 Å². The summed E-state index contributed by atoms with van der Waals surface area (Å²) in [6.07, 6.45) is 0.968. The standard InChI is InChI=1S/C10H16N2O3/c13-9(10-2-1-5-15-10)8-11-12-3-6-14-7-4-12/h1-2,5,9,11,13H,3-4,6-8H2. The first-order chi connectivity index (χ1) is 7.36. The van der Waals surface area contributed by atoms with Crippen LogP contribution in [0.5, 0.6) is 0 Å². The van der Waals surface area contributed by atoms with Crippen LogP contribution in [0.4, 0.5) is 0 Å². The zero-order chi connectivity index (χ0) is 10.5. The molecule has 2 N–H and O–H groups in total. The van der Waals surface area contributed by atoms with Gasteiger partial charge in [-0.25, -0.2) is 5.01 Å². The van der Waals surface area contributed by atoms with E-state index in [2.05, 4.69) is 10.4 Å². The van der Waals surface area contributed by atoms with Crippen molar-refractivity contribution >= 4 is 0 Å². The molecule has 2 heterocycles. The summed E-state index contributed by atoms with van der Waals surface area (Å²) >= 11 is 0. The lowest BCUT2D eigenvalue weighted by atomic mass is 10.3. The van der Waals surface area contributed by atoms with Gasteiger partial charge in [-0.15, -0.1) is 0 Å². The molecule has 0 aliphatic carbocycles. The zero-order valence-electron chi connectivity index (χ0n) is 8.56. The Morgan fingerprint density at radius 2 is 2.27 bits per heavy atom. The van der Waals surface area contributed by atoms with Crippen LogP contribution in [0.1, 0.15) is 11.9 Å². The molecule has 1 unspecified atom stereocenters. The third-order valence-electron chi connectivity index (χ3n) is 2.39. The minimum Gasteiger partial charge on any atom is -0.467 e. The molecule has 0 spiro atoms. The summed E-state index contributed by atoms with van der Waals surface area (Å²) in [5.41, 5.74) is 3.15. The Bertz CT molecular complexity index is 270. The van der Waals surface area contributed by atoms with Gasteiger partial charge in [0.15, 0.2) is 0 Å². The summed E-state index contributed by atoms with van der Waals surface area (Å²) in [5, 5.41) is 11.8. The van der Waals surface area contributed by atoms with Crippen LogP contribution >= 0.6 is 0 Å². The largest absolute Gasteiger partial charge is 0.467 e. The molecule has 2 rings (SSSR count). The lowest BCUT2D eigenvalue weighted by Gasteiger charge is -2.27. The maximum atomic E-state index is 9.73. The number of hydrogen-bond donors (Lipinski definition) is 2. The smallest absolute Gasteiger partial charge is 0.133 e. The van der Waals surface area contributed by atoms with E-state index >= 15 is 0 Å². The SMILES string of the molecule is OC(CNN1CCOCC1)c1ccco1. The Morgan fingerprint density at radius 3 is 2.93 bits per heavy atom. The normalized spacial score (nSPS) is 20.3. The van der Waals surface area contributed by atoms with Gasteiger partial charge >= 0.3 is 0 Å². The molecule has 1 aromatic rings. The molecule has 1 aliphatic heterocycles. The number of morpholine rings is 1. The Kier molecular flexibility index (Phi) is 3.74. The molecule has 0 saturated carbocycles. The van der Waals surface area contributed by atoms with Crippen molar-refractivity contribution in [3.8, 4) is 0 Å². The highest BCUT2D eigenvalue weighted by molar-refractivity contribution is 5.01. The van der Waals surface area contributed by atoms with Gasteiger partial charge in [-0.1, -0.05) is 0 Å². The summed E-state index contributed by atoms with van der Waals surface area (Å²) in [4.78, 5) is 0. The van der Waals surface area contributed by atoms with Gasteiger partial charge in [-0.2, -0.15) is 0 Å². The lowest BCUT2D eigenvalue weighted by molar-refractivity contribution is 0.00145. The van der Waals surface area contributed by atoms with E-state index in [9.17, 15) is 5.11 Å². The first-order valence-corrected chi connectivity index (χ1v) is 5.14. The molecule has 84 valence electrons. The van der Waals surface area contributed by atoms with Crippen molar-refractivity contribution in [2.75, 3.05) is 32.8 Å². The van der Waals surface area contributed by atoms with E-state index in [4.69, 9.17) is 9.15 Å². The van der Waals surface area contributed by atoms with Crippen LogP contribution in [0.3, 0.4) is 0 Å². The highest BCUT2D eigenvalue weighted by Gasteiger charge is 2.14. The summed E-state index contributed by atoms with van der Waals surface area (Å²) in [5.74, 6) is 0.593. The predicted molar refractivity (Wildman–Crippen MR) is 54.1 cm³/mol. The molecule has 0 bridgehead atoms. The summed E-state index contributed by atoms with van der Waals surface area (Å²) in [7, 11) is 0. The van der Waals surface area contributed by atoms with E-state index in [1.54, 1.807) is 18.4 Å². The molecule has 5 heteroatoms. The Balaban J connectivity index is 1.73. The number of nitrogens with one attached hydrogen (secondary N) is 1. The van der Waals surface area contributed by atoms with Gasteiger partial charge in [0.25, 0.3) is 0 Å². The molecule has 0 radical (unpaired) electrons. The van der Waals surface area contributed by atoms with Gasteiger partial charge in [0, 0.05) is 19.6 Å². The monoisotopic (exact) mass is 212 g/mol. The van der Waals surface area contributed by atoms with Crippen molar-refractivity contribution in [1.82, 2.24) is 10.4 Å². The molecule has 1 atom stereocenters. The molecule has 1 aliphatic rings. The first kappa shape index (κ1) is 10.6. The number of aliphatic hydroxyl groups excluding tert-OH is 1. The van der Waals surface area contributed by atoms with E-state index in [0.29, 0.717) is 12.3 Å². The van der Waals surface area contributed by atoms with Crippen molar-refractivity contribution in [1.29, 1.82) is 0 Å². The second kappa shape index (κ2) is 5.27.